The lowest BCUT2D eigenvalue weighted by Crippen LogP contribution is -2.50. The van der Waals surface area contributed by atoms with Gasteiger partial charge in [0.15, 0.2) is 11.8 Å². The van der Waals surface area contributed by atoms with Crippen molar-refractivity contribution in [3.05, 3.63) is 11.6 Å². The molecule has 8 nitrogen and oxygen atoms in total. The highest BCUT2D eigenvalue weighted by Crippen LogP contribution is 2.13. The first-order valence-corrected chi connectivity index (χ1v) is 10.7. The third-order valence-corrected chi connectivity index (χ3v) is 5.63. The predicted octanol–water partition coefficient (Wildman–Crippen LogP) is 1.46. The van der Waals surface area contributed by atoms with Gasteiger partial charge in [0, 0.05) is 45.9 Å². The summed E-state index contributed by atoms with van der Waals surface area (Å²) >= 11 is 0. The molecule has 1 aromatic rings. The Labute approximate surface area is 169 Å². The number of nitrogens with zero attached hydrogens (tertiary/aromatic N) is 5. The average Bonchev–Trinajstić information content (AvgIpc) is 3.30. The van der Waals surface area contributed by atoms with Crippen LogP contribution in [0.3, 0.4) is 0 Å². The molecule has 2 N–H and O–H groups in total. The molecule has 2 fully saturated rings. The van der Waals surface area contributed by atoms with Crippen LogP contribution in [0.2, 0.25) is 0 Å². The highest BCUT2D eigenvalue weighted by molar-refractivity contribution is 5.80. The van der Waals surface area contributed by atoms with Crippen LogP contribution in [0, 0.1) is 12.8 Å². The summed E-state index contributed by atoms with van der Waals surface area (Å²) in [7, 11) is 1.98. The molecule has 0 bridgehead atoms. The van der Waals surface area contributed by atoms with Crippen LogP contribution in [0.1, 0.15) is 51.2 Å². The Morgan fingerprint density at radius 2 is 2.04 bits per heavy atom. The van der Waals surface area contributed by atoms with Crippen molar-refractivity contribution < 1.29 is 4.74 Å². The van der Waals surface area contributed by atoms with Crippen LogP contribution < -0.4 is 10.6 Å². The van der Waals surface area contributed by atoms with E-state index in [-0.39, 0.29) is 6.10 Å². The number of hydrogen-bond acceptors (Lipinski definition) is 5. The number of rotatable bonds is 7. The van der Waals surface area contributed by atoms with Crippen LogP contribution in [-0.2, 0) is 18.3 Å². The topological polar surface area (TPSA) is 79.6 Å². The van der Waals surface area contributed by atoms with E-state index in [1.165, 1.54) is 6.54 Å². The lowest BCUT2D eigenvalue weighted by Gasteiger charge is -2.34. The maximum Gasteiger partial charge on any atom is 0.192 e. The molecular formula is C20H37N7O. The number of aliphatic imine (C=N–C) groups is 1. The molecule has 0 radical (unpaired) electrons. The van der Waals surface area contributed by atoms with Crippen LogP contribution in [0.25, 0.3) is 0 Å². The summed E-state index contributed by atoms with van der Waals surface area (Å²) in [5.74, 6) is 3.37. The van der Waals surface area contributed by atoms with E-state index >= 15 is 0 Å². The monoisotopic (exact) mass is 391 g/mol. The number of guanidine groups is 1. The highest BCUT2D eigenvalue weighted by atomic mass is 16.5. The summed E-state index contributed by atoms with van der Waals surface area (Å²) in [5, 5.41) is 15.5. The van der Waals surface area contributed by atoms with Crippen molar-refractivity contribution in [2.24, 2.45) is 18.0 Å². The molecule has 2 saturated heterocycles. The molecule has 0 aliphatic carbocycles. The zero-order valence-electron chi connectivity index (χ0n) is 17.9. The maximum absolute atomic E-state index is 5.75. The van der Waals surface area contributed by atoms with Crippen molar-refractivity contribution in [3.63, 3.8) is 0 Å². The van der Waals surface area contributed by atoms with Gasteiger partial charge in [-0.3, -0.25) is 0 Å². The zero-order chi connectivity index (χ0) is 19.9. The summed E-state index contributed by atoms with van der Waals surface area (Å²) in [6.45, 7) is 12.2. The number of nitrogens with one attached hydrogen (secondary N) is 2. The van der Waals surface area contributed by atoms with Gasteiger partial charge in [-0.2, -0.15) is 0 Å². The van der Waals surface area contributed by atoms with E-state index in [2.05, 4.69) is 39.6 Å². The lowest BCUT2D eigenvalue weighted by atomic mass is 10.0. The van der Waals surface area contributed by atoms with Gasteiger partial charge in [-0.25, -0.2) is 4.99 Å². The van der Waals surface area contributed by atoms with Gasteiger partial charge in [0.2, 0.25) is 0 Å². The molecule has 3 heterocycles. The SMILES string of the molecule is Cc1nnc(CN=C(NCC2CCCO2)NC2CCN(CC(C)C)CC2)n1C. The van der Waals surface area contributed by atoms with Crippen molar-refractivity contribution in [1.82, 2.24) is 30.3 Å². The molecule has 0 amide bonds. The molecule has 2 aliphatic heterocycles. The normalized spacial score (nSPS) is 22.2. The van der Waals surface area contributed by atoms with Crippen LogP contribution in [0.4, 0.5) is 0 Å². The van der Waals surface area contributed by atoms with Gasteiger partial charge in [0.1, 0.15) is 12.4 Å². The van der Waals surface area contributed by atoms with Crippen molar-refractivity contribution in [2.75, 3.05) is 32.8 Å². The number of piperidine rings is 1. The molecule has 0 aromatic carbocycles. The lowest BCUT2D eigenvalue weighted by molar-refractivity contribution is 0.113. The van der Waals surface area contributed by atoms with Crippen molar-refractivity contribution in [3.8, 4) is 0 Å². The first-order chi connectivity index (χ1) is 13.5. The smallest absolute Gasteiger partial charge is 0.192 e. The van der Waals surface area contributed by atoms with Crippen molar-refractivity contribution in [2.45, 2.75) is 65.1 Å². The Hall–Kier alpha value is -1.67. The summed E-state index contributed by atoms with van der Waals surface area (Å²) < 4.78 is 7.74. The second kappa shape index (κ2) is 10.2. The van der Waals surface area contributed by atoms with Gasteiger partial charge in [0.05, 0.1) is 6.10 Å². The van der Waals surface area contributed by atoms with Crippen molar-refractivity contribution in [1.29, 1.82) is 0 Å². The molecule has 3 rings (SSSR count). The standard InChI is InChI=1S/C20H37N7O/c1-15(2)14-27-9-7-17(8-10-27)23-20(21-12-18-6-5-11-28-18)22-13-19-25-24-16(3)26(19)4/h15,17-18H,5-14H2,1-4H3,(H2,21,22,23). The van der Waals surface area contributed by atoms with E-state index < -0.39 is 0 Å². The van der Waals surface area contributed by atoms with E-state index in [0.29, 0.717) is 12.6 Å². The number of ether oxygens (including phenoxy) is 1. The maximum atomic E-state index is 5.75. The van der Waals surface area contributed by atoms with Gasteiger partial charge in [-0.05, 0) is 38.5 Å². The van der Waals surface area contributed by atoms with Crippen LogP contribution in [-0.4, -0.2) is 70.6 Å². The number of aromatic nitrogens is 3. The summed E-state index contributed by atoms with van der Waals surface area (Å²) in [6.07, 6.45) is 4.86. The summed E-state index contributed by atoms with van der Waals surface area (Å²) in [4.78, 5) is 7.36. The minimum absolute atomic E-state index is 0.289. The molecule has 1 unspecified atom stereocenters. The molecular weight excluding hydrogens is 354 g/mol. The van der Waals surface area contributed by atoms with E-state index in [1.807, 2.05) is 18.5 Å². The molecule has 2 aliphatic rings. The molecule has 1 aromatic heterocycles. The van der Waals surface area contributed by atoms with Crippen LogP contribution in [0.15, 0.2) is 4.99 Å². The number of aryl methyl sites for hydroxylation is 1. The van der Waals surface area contributed by atoms with Gasteiger partial charge in [-0.1, -0.05) is 13.8 Å². The molecule has 158 valence electrons. The predicted molar refractivity (Wildman–Crippen MR) is 111 cm³/mol. The zero-order valence-corrected chi connectivity index (χ0v) is 17.9. The van der Waals surface area contributed by atoms with E-state index in [0.717, 1.165) is 75.5 Å². The van der Waals surface area contributed by atoms with E-state index in [4.69, 9.17) is 9.73 Å². The quantitative estimate of drug-likeness (QED) is 0.541. The van der Waals surface area contributed by atoms with Gasteiger partial charge < -0.3 is 24.8 Å². The first kappa shape index (κ1) is 21.0. The highest BCUT2D eigenvalue weighted by Gasteiger charge is 2.21. The Bertz CT molecular complexity index is 628. The minimum atomic E-state index is 0.289. The van der Waals surface area contributed by atoms with Crippen LogP contribution >= 0.6 is 0 Å². The molecule has 1 atom stereocenters. The fourth-order valence-corrected chi connectivity index (χ4v) is 3.88. The Morgan fingerprint density at radius 3 is 2.64 bits per heavy atom. The Balaban J connectivity index is 1.56. The first-order valence-electron chi connectivity index (χ1n) is 10.7. The van der Waals surface area contributed by atoms with E-state index in [9.17, 15) is 0 Å². The fourth-order valence-electron chi connectivity index (χ4n) is 3.88. The van der Waals surface area contributed by atoms with Gasteiger partial charge >= 0.3 is 0 Å². The Morgan fingerprint density at radius 1 is 1.25 bits per heavy atom. The third-order valence-electron chi connectivity index (χ3n) is 5.63. The summed E-state index contributed by atoms with van der Waals surface area (Å²) in [6, 6.07) is 0.459. The summed E-state index contributed by atoms with van der Waals surface area (Å²) in [5.41, 5.74) is 0. The number of hydrogen-bond donors (Lipinski definition) is 2. The largest absolute Gasteiger partial charge is 0.376 e. The van der Waals surface area contributed by atoms with E-state index in [1.54, 1.807) is 0 Å². The fraction of sp³-hybridized carbons (Fsp3) is 0.850. The molecule has 8 heteroatoms. The van der Waals surface area contributed by atoms with Gasteiger partial charge in [-0.15, -0.1) is 10.2 Å². The van der Waals surface area contributed by atoms with Crippen LogP contribution in [0.5, 0.6) is 0 Å². The Kier molecular flexibility index (Phi) is 7.67. The number of likely N-dealkylation sites (tertiary alicyclic amines) is 1. The minimum Gasteiger partial charge on any atom is -0.376 e. The average molecular weight is 392 g/mol. The second-order valence-corrected chi connectivity index (χ2v) is 8.52. The molecule has 28 heavy (non-hydrogen) atoms. The second-order valence-electron chi connectivity index (χ2n) is 8.52. The molecule has 0 spiro atoms. The molecule has 0 saturated carbocycles. The van der Waals surface area contributed by atoms with Crippen molar-refractivity contribution >= 4 is 5.96 Å². The third kappa shape index (κ3) is 6.17. The van der Waals surface area contributed by atoms with Gasteiger partial charge in [0.25, 0.3) is 0 Å².